The monoisotopic (exact) mass is 440 g/mol. The lowest BCUT2D eigenvalue weighted by molar-refractivity contribution is 0.816. The molecule has 0 fully saturated rings. The number of nitrogens with zero attached hydrogens (tertiary/aromatic N) is 1. The molecule has 0 unspecified atom stereocenters. The Balaban J connectivity index is 1.80. The Morgan fingerprint density at radius 2 is 1.12 bits per heavy atom. The molecule has 0 aliphatic heterocycles. The van der Waals surface area contributed by atoms with Gasteiger partial charge in [-0.25, -0.2) is 0 Å². The topological polar surface area (TPSA) is 3.24 Å². The van der Waals surface area contributed by atoms with Crippen molar-refractivity contribution in [2.24, 2.45) is 0 Å². The fourth-order valence-electron chi connectivity index (χ4n) is 3.96. The maximum atomic E-state index is 2.37. The maximum absolute atomic E-state index is 2.37. The van der Waals surface area contributed by atoms with E-state index in [9.17, 15) is 0 Å². The molecule has 0 N–H and O–H groups in total. The zero-order valence-corrected chi connectivity index (χ0v) is 19.8. The highest BCUT2D eigenvalue weighted by molar-refractivity contribution is 6.65. The third-order valence-electron chi connectivity index (χ3n) is 5.80. The molecule has 0 aliphatic rings. The van der Waals surface area contributed by atoms with Crippen molar-refractivity contribution in [1.29, 1.82) is 0 Å². The van der Waals surface area contributed by atoms with E-state index < -0.39 is 0 Å². The highest BCUT2D eigenvalue weighted by Crippen LogP contribution is 2.27. The molecule has 0 spiro atoms. The minimum absolute atomic E-state index is 1.06. The number of anilines is 1. The summed E-state index contributed by atoms with van der Waals surface area (Å²) < 4.78 is 0. The summed E-state index contributed by atoms with van der Waals surface area (Å²) in [7, 11) is 2.27. The van der Waals surface area contributed by atoms with Gasteiger partial charge >= 0.3 is 0 Å². The summed E-state index contributed by atoms with van der Waals surface area (Å²) in [5, 5.41) is 0. The van der Waals surface area contributed by atoms with Crippen molar-refractivity contribution in [3.8, 4) is 0 Å². The van der Waals surface area contributed by atoms with Crippen LogP contribution in [0.5, 0.6) is 0 Å². The molecule has 0 bridgehead atoms. The van der Waals surface area contributed by atoms with Crippen molar-refractivity contribution >= 4 is 24.1 Å². The Kier molecular flexibility index (Phi) is 8.57. The minimum atomic E-state index is 1.06. The molecule has 0 atom stereocenters. The molecular formula is C32H31BN. The smallest absolute Gasteiger partial charge is 0.290 e. The Hall–Kier alpha value is -3.78. The third kappa shape index (κ3) is 6.39. The van der Waals surface area contributed by atoms with Crippen LogP contribution in [-0.4, -0.2) is 7.41 Å². The zero-order valence-electron chi connectivity index (χ0n) is 19.8. The van der Waals surface area contributed by atoms with E-state index >= 15 is 0 Å². The van der Waals surface area contributed by atoms with Gasteiger partial charge in [-0.1, -0.05) is 141 Å². The fraction of sp³-hybridized carbons (Fsp3) is 0.125. The first-order chi connectivity index (χ1) is 16.8. The molecule has 34 heavy (non-hydrogen) atoms. The molecule has 4 aromatic carbocycles. The van der Waals surface area contributed by atoms with Crippen molar-refractivity contribution in [2.45, 2.75) is 26.2 Å². The average molecular weight is 440 g/mol. The SMILES string of the molecule is CCCC/C=C(/[B]N(C=C(c1ccccc1)c1ccccc1)c1ccccc1)c1ccccc1. The van der Waals surface area contributed by atoms with Gasteiger partial charge in [-0.05, 0) is 41.4 Å². The fourth-order valence-corrected chi connectivity index (χ4v) is 3.96. The van der Waals surface area contributed by atoms with Crippen LogP contribution < -0.4 is 4.81 Å². The molecule has 0 saturated carbocycles. The summed E-state index contributed by atoms with van der Waals surface area (Å²) in [4.78, 5) is 2.26. The molecule has 4 rings (SSSR count). The molecule has 0 aliphatic carbocycles. The van der Waals surface area contributed by atoms with Gasteiger partial charge in [0.15, 0.2) is 0 Å². The predicted octanol–water partition coefficient (Wildman–Crippen LogP) is 8.43. The van der Waals surface area contributed by atoms with Gasteiger partial charge in [0.2, 0.25) is 0 Å². The van der Waals surface area contributed by atoms with E-state index in [0.717, 1.165) is 12.1 Å². The molecule has 0 saturated heterocycles. The highest BCUT2D eigenvalue weighted by Gasteiger charge is 2.14. The van der Waals surface area contributed by atoms with Gasteiger partial charge in [0.05, 0.1) is 0 Å². The summed E-state index contributed by atoms with van der Waals surface area (Å²) in [5.41, 5.74) is 7.16. The van der Waals surface area contributed by atoms with E-state index in [1.54, 1.807) is 0 Å². The quantitative estimate of drug-likeness (QED) is 0.177. The molecule has 2 heteroatoms. The van der Waals surface area contributed by atoms with Crippen molar-refractivity contribution in [3.05, 3.63) is 150 Å². The largest absolute Gasteiger partial charge is 0.391 e. The lowest BCUT2D eigenvalue weighted by atomic mass is 9.74. The normalized spacial score (nSPS) is 11.0. The molecule has 167 valence electrons. The van der Waals surface area contributed by atoms with Crippen molar-refractivity contribution in [3.63, 3.8) is 0 Å². The Bertz CT molecular complexity index is 1140. The van der Waals surface area contributed by atoms with Crippen LogP contribution in [0.4, 0.5) is 5.69 Å². The number of para-hydroxylation sites is 1. The summed E-state index contributed by atoms with van der Waals surface area (Å²) >= 11 is 0. The number of allylic oxidation sites excluding steroid dienone is 1. The van der Waals surface area contributed by atoms with Crippen LogP contribution in [0.3, 0.4) is 0 Å². The van der Waals surface area contributed by atoms with E-state index in [4.69, 9.17) is 0 Å². The summed E-state index contributed by atoms with van der Waals surface area (Å²) in [5.74, 6) is 0. The van der Waals surface area contributed by atoms with E-state index in [1.807, 2.05) is 0 Å². The van der Waals surface area contributed by atoms with Gasteiger partial charge in [0.1, 0.15) is 0 Å². The van der Waals surface area contributed by atoms with Crippen LogP contribution in [0, 0.1) is 0 Å². The van der Waals surface area contributed by atoms with Crippen LogP contribution in [-0.2, 0) is 0 Å². The molecule has 1 nitrogen and oxygen atoms in total. The molecule has 0 aromatic heterocycles. The van der Waals surface area contributed by atoms with E-state index in [0.29, 0.717) is 0 Å². The first-order valence-electron chi connectivity index (χ1n) is 12.1. The maximum Gasteiger partial charge on any atom is 0.290 e. The Labute approximate surface area is 205 Å². The van der Waals surface area contributed by atoms with Gasteiger partial charge in [0, 0.05) is 11.3 Å². The summed E-state index contributed by atoms with van der Waals surface area (Å²) in [6, 6.07) is 42.5. The number of hydrogen-bond donors (Lipinski definition) is 0. The van der Waals surface area contributed by atoms with Crippen LogP contribution >= 0.6 is 0 Å². The highest BCUT2D eigenvalue weighted by atomic mass is 15.0. The van der Waals surface area contributed by atoms with Gasteiger partial charge < -0.3 is 4.81 Å². The lowest BCUT2D eigenvalue weighted by Gasteiger charge is -2.24. The van der Waals surface area contributed by atoms with Gasteiger partial charge in [0.25, 0.3) is 7.41 Å². The van der Waals surface area contributed by atoms with E-state index in [-0.39, 0.29) is 0 Å². The molecule has 0 amide bonds. The zero-order chi connectivity index (χ0) is 23.4. The second-order valence-electron chi connectivity index (χ2n) is 8.31. The molecule has 1 radical (unpaired) electrons. The minimum Gasteiger partial charge on any atom is -0.391 e. The summed E-state index contributed by atoms with van der Waals surface area (Å²) in [6.45, 7) is 2.24. The standard InChI is InChI=1S/C32H31BN/c1-2-3-8-25-32(29-21-13-6-14-22-29)33-34(30-23-15-7-16-24-30)26-31(27-17-9-4-10-18-27)28-19-11-5-12-20-28/h4-7,9-26H,2-3,8H2,1H3/b32-25+. The Morgan fingerprint density at radius 1 is 0.647 bits per heavy atom. The number of rotatable bonds is 10. The molecule has 0 heterocycles. The van der Waals surface area contributed by atoms with Crippen LogP contribution in [0.1, 0.15) is 42.9 Å². The van der Waals surface area contributed by atoms with Crippen LogP contribution in [0.25, 0.3) is 11.0 Å². The molecule has 4 aromatic rings. The van der Waals surface area contributed by atoms with Crippen molar-refractivity contribution in [2.75, 3.05) is 4.81 Å². The van der Waals surface area contributed by atoms with E-state index in [1.165, 1.54) is 40.6 Å². The number of hydrogen-bond acceptors (Lipinski definition) is 1. The van der Waals surface area contributed by atoms with Crippen LogP contribution in [0.15, 0.2) is 134 Å². The first kappa shape index (κ1) is 23.4. The second-order valence-corrected chi connectivity index (χ2v) is 8.31. The van der Waals surface area contributed by atoms with Crippen LogP contribution in [0.2, 0.25) is 0 Å². The van der Waals surface area contributed by atoms with Crippen molar-refractivity contribution in [1.82, 2.24) is 0 Å². The third-order valence-corrected chi connectivity index (χ3v) is 5.80. The van der Waals surface area contributed by atoms with E-state index in [2.05, 4.69) is 153 Å². The Morgan fingerprint density at radius 3 is 1.62 bits per heavy atom. The first-order valence-corrected chi connectivity index (χ1v) is 12.1. The second kappa shape index (κ2) is 12.5. The van der Waals surface area contributed by atoms with Crippen molar-refractivity contribution < 1.29 is 0 Å². The molecular weight excluding hydrogens is 409 g/mol. The van der Waals surface area contributed by atoms with Gasteiger partial charge in [-0.15, -0.1) is 0 Å². The number of unbranched alkanes of at least 4 members (excludes halogenated alkanes) is 2. The lowest BCUT2D eigenvalue weighted by Crippen LogP contribution is -2.23. The van der Waals surface area contributed by atoms with Gasteiger partial charge in [-0.3, -0.25) is 0 Å². The number of benzene rings is 4. The average Bonchev–Trinajstić information content (AvgIpc) is 2.92. The predicted molar refractivity (Wildman–Crippen MR) is 149 cm³/mol. The van der Waals surface area contributed by atoms with Gasteiger partial charge in [-0.2, -0.15) is 0 Å². The summed E-state index contributed by atoms with van der Waals surface area (Å²) in [6.07, 6.45) is 8.06.